The van der Waals surface area contributed by atoms with Crippen LogP contribution in [0.25, 0.3) is 0 Å². The van der Waals surface area contributed by atoms with Crippen molar-refractivity contribution in [3.8, 4) is 0 Å². The molecule has 2 heterocycles. The zero-order valence-corrected chi connectivity index (χ0v) is 14.8. The summed E-state index contributed by atoms with van der Waals surface area (Å²) in [4.78, 5) is 34.4. The van der Waals surface area contributed by atoms with Gasteiger partial charge in [0.25, 0.3) is 5.91 Å². The number of carbonyl (C=O) groups excluding carboxylic acids is 2. The Bertz CT molecular complexity index is 1010. The molecule has 6 heteroatoms. The molecular weight excluding hydrogens is 340 g/mol. The van der Waals surface area contributed by atoms with Crippen molar-refractivity contribution in [2.24, 2.45) is 0 Å². The summed E-state index contributed by atoms with van der Waals surface area (Å²) >= 11 is 0. The number of Topliss-reactive ketones (excluding diaryl/α,β-unsaturated/α-hetero) is 1. The van der Waals surface area contributed by atoms with Crippen molar-refractivity contribution in [3.63, 3.8) is 0 Å². The largest absolute Gasteiger partial charge is 0.326 e. The standard InChI is InChI=1S/C21H18N4O2/c1-14(26)15-6-8-17(9-7-15)24-21(27)18-12-20(23-13-22-18)25-11-10-16-4-2-3-5-19(16)25/h2-9,12-13H,10-11H2,1H3,(H,24,27). The lowest BCUT2D eigenvalue weighted by atomic mass is 10.1. The van der Waals surface area contributed by atoms with Gasteiger partial charge in [0.05, 0.1) is 0 Å². The fourth-order valence-electron chi connectivity index (χ4n) is 3.18. The lowest BCUT2D eigenvalue weighted by Crippen LogP contribution is -2.18. The summed E-state index contributed by atoms with van der Waals surface area (Å²) in [7, 11) is 0. The monoisotopic (exact) mass is 358 g/mol. The maximum absolute atomic E-state index is 12.6. The van der Waals surface area contributed by atoms with Crippen LogP contribution in [0.5, 0.6) is 0 Å². The molecule has 1 aromatic heterocycles. The minimum absolute atomic E-state index is 0.0146. The molecule has 6 nitrogen and oxygen atoms in total. The van der Waals surface area contributed by atoms with E-state index in [2.05, 4.69) is 32.3 Å². The number of ketones is 1. The van der Waals surface area contributed by atoms with Crippen molar-refractivity contribution in [3.05, 3.63) is 77.7 Å². The van der Waals surface area contributed by atoms with Crippen LogP contribution in [0.3, 0.4) is 0 Å². The maximum Gasteiger partial charge on any atom is 0.274 e. The number of para-hydroxylation sites is 1. The van der Waals surface area contributed by atoms with Crippen LogP contribution >= 0.6 is 0 Å². The number of nitrogens with zero attached hydrogens (tertiary/aromatic N) is 3. The van der Waals surface area contributed by atoms with Gasteiger partial charge in [-0.25, -0.2) is 9.97 Å². The number of anilines is 3. The van der Waals surface area contributed by atoms with Crippen LogP contribution in [-0.2, 0) is 6.42 Å². The number of rotatable bonds is 4. The lowest BCUT2D eigenvalue weighted by molar-refractivity contribution is 0.101. The van der Waals surface area contributed by atoms with Crippen molar-refractivity contribution in [2.75, 3.05) is 16.8 Å². The molecule has 0 spiro atoms. The number of carbonyl (C=O) groups is 2. The molecule has 0 saturated carbocycles. The van der Waals surface area contributed by atoms with Crippen LogP contribution in [0, 0.1) is 0 Å². The van der Waals surface area contributed by atoms with Gasteiger partial charge in [0.15, 0.2) is 5.78 Å². The molecule has 0 unspecified atom stereocenters. The molecule has 1 N–H and O–H groups in total. The SMILES string of the molecule is CC(=O)c1ccc(NC(=O)c2cc(N3CCc4ccccc43)ncn2)cc1. The second-order valence-corrected chi connectivity index (χ2v) is 6.38. The van der Waals surface area contributed by atoms with Crippen molar-refractivity contribution < 1.29 is 9.59 Å². The van der Waals surface area contributed by atoms with Gasteiger partial charge in [-0.3, -0.25) is 9.59 Å². The van der Waals surface area contributed by atoms with Gasteiger partial charge in [-0.15, -0.1) is 0 Å². The first-order chi connectivity index (χ1) is 13.1. The number of hydrogen-bond acceptors (Lipinski definition) is 5. The number of benzene rings is 2. The second kappa shape index (κ2) is 6.99. The first kappa shape index (κ1) is 16.9. The molecule has 27 heavy (non-hydrogen) atoms. The summed E-state index contributed by atoms with van der Waals surface area (Å²) in [5.74, 6) is 0.368. The third-order valence-corrected chi connectivity index (χ3v) is 4.60. The molecule has 0 atom stereocenters. The predicted molar refractivity (Wildman–Crippen MR) is 104 cm³/mol. The highest BCUT2D eigenvalue weighted by Crippen LogP contribution is 2.33. The van der Waals surface area contributed by atoms with Crippen LogP contribution < -0.4 is 10.2 Å². The summed E-state index contributed by atoms with van der Waals surface area (Å²) in [6.07, 6.45) is 2.36. The molecular formula is C21H18N4O2. The van der Waals surface area contributed by atoms with Crippen molar-refractivity contribution in [1.29, 1.82) is 0 Å². The van der Waals surface area contributed by atoms with Gasteiger partial charge in [0, 0.05) is 29.5 Å². The van der Waals surface area contributed by atoms with Gasteiger partial charge in [-0.2, -0.15) is 0 Å². The van der Waals surface area contributed by atoms with Crippen LogP contribution in [0.15, 0.2) is 60.9 Å². The van der Waals surface area contributed by atoms with Gasteiger partial charge >= 0.3 is 0 Å². The Hall–Kier alpha value is -3.54. The molecule has 4 rings (SSSR count). The van der Waals surface area contributed by atoms with E-state index in [1.54, 1.807) is 30.3 Å². The lowest BCUT2D eigenvalue weighted by Gasteiger charge is -2.18. The summed E-state index contributed by atoms with van der Waals surface area (Å²) in [5, 5.41) is 2.80. The van der Waals surface area contributed by atoms with Gasteiger partial charge in [-0.1, -0.05) is 18.2 Å². The number of nitrogens with one attached hydrogen (secondary N) is 1. The van der Waals surface area contributed by atoms with Crippen molar-refractivity contribution in [2.45, 2.75) is 13.3 Å². The van der Waals surface area contributed by atoms with Gasteiger partial charge in [0.1, 0.15) is 17.8 Å². The third-order valence-electron chi connectivity index (χ3n) is 4.60. The normalized spacial score (nSPS) is 12.6. The number of hydrogen-bond donors (Lipinski definition) is 1. The smallest absolute Gasteiger partial charge is 0.274 e. The summed E-state index contributed by atoms with van der Waals surface area (Å²) in [6, 6.07) is 16.7. The van der Waals surface area contributed by atoms with E-state index in [-0.39, 0.29) is 11.7 Å². The van der Waals surface area contributed by atoms with Gasteiger partial charge in [-0.05, 0) is 49.2 Å². The van der Waals surface area contributed by atoms with Crippen LogP contribution in [-0.4, -0.2) is 28.2 Å². The average molecular weight is 358 g/mol. The highest BCUT2D eigenvalue weighted by Gasteiger charge is 2.22. The third kappa shape index (κ3) is 3.42. The van der Waals surface area contributed by atoms with Crippen LogP contribution in [0.4, 0.5) is 17.2 Å². The summed E-state index contributed by atoms with van der Waals surface area (Å²) in [5.41, 5.74) is 3.89. The Kier molecular flexibility index (Phi) is 4.38. The maximum atomic E-state index is 12.6. The summed E-state index contributed by atoms with van der Waals surface area (Å²) in [6.45, 7) is 2.33. The molecule has 1 aliphatic heterocycles. The molecule has 0 radical (unpaired) electrons. The topological polar surface area (TPSA) is 75.2 Å². The quantitative estimate of drug-likeness (QED) is 0.721. The second-order valence-electron chi connectivity index (χ2n) is 6.38. The summed E-state index contributed by atoms with van der Waals surface area (Å²) < 4.78 is 0. The van der Waals surface area contributed by atoms with Crippen LogP contribution in [0.1, 0.15) is 33.3 Å². The number of aromatic nitrogens is 2. The number of amides is 1. The van der Waals surface area contributed by atoms with Crippen molar-refractivity contribution in [1.82, 2.24) is 9.97 Å². The van der Waals surface area contributed by atoms with E-state index in [0.717, 1.165) is 18.7 Å². The highest BCUT2D eigenvalue weighted by molar-refractivity contribution is 6.03. The van der Waals surface area contributed by atoms with E-state index in [9.17, 15) is 9.59 Å². The predicted octanol–water partition coefficient (Wildman–Crippen LogP) is 3.63. The van der Waals surface area contributed by atoms with Crippen molar-refractivity contribution >= 4 is 28.9 Å². The van der Waals surface area contributed by atoms with E-state index in [1.807, 2.05) is 12.1 Å². The zero-order valence-electron chi connectivity index (χ0n) is 14.8. The Labute approximate surface area is 156 Å². The Morgan fingerprint density at radius 3 is 2.59 bits per heavy atom. The minimum atomic E-state index is -0.318. The molecule has 1 aliphatic rings. The molecule has 3 aromatic rings. The van der Waals surface area contributed by atoms with E-state index in [1.165, 1.54) is 18.8 Å². The molecule has 2 aromatic carbocycles. The van der Waals surface area contributed by atoms with Gasteiger partial charge < -0.3 is 10.2 Å². The molecule has 134 valence electrons. The molecule has 1 amide bonds. The average Bonchev–Trinajstić information content (AvgIpc) is 3.12. The first-order valence-electron chi connectivity index (χ1n) is 8.71. The van der Waals surface area contributed by atoms with E-state index in [4.69, 9.17) is 0 Å². The van der Waals surface area contributed by atoms with E-state index in [0.29, 0.717) is 22.8 Å². The zero-order chi connectivity index (χ0) is 18.8. The Morgan fingerprint density at radius 2 is 1.81 bits per heavy atom. The first-order valence-corrected chi connectivity index (χ1v) is 8.71. The molecule has 0 bridgehead atoms. The fraction of sp³-hybridized carbons (Fsp3) is 0.143. The van der Waals surface area contributed by atoms with E-state index >= 15 is 0 Å². The molecule has 0 saturated heterocycles. The minimum Gasteiger partial charge on any atom is -0.326 e. The van der Waals surface area contributed by atoms with Crippen LogP contribution in [0.2, 0.25) is 0 Å². The Balaban J connectivity index is 1.54. The number of fused-ring (bicyclic) bond motifs is 1. The van der Waals surface area contributed by atoms with Gasteiger partial charge in [0.2, 0.25) is 0 Å². The van der Waals surface area contributed by atoms with E-state index < -0.39 is 0 Å². The Morgan fingerprint density at radius 1 is 1.04 bits per heavy atom. The fourth-order valence-corrected chi connectivity index (χ4v) is 3.18. The molecule has 0 aliphatic carbocycles. The highest BCUT2D eigenvalue weighted by atomic mass is 16.2. The molecule has 0 fully saturated rings.